The van der Waals surface area contributed by atoms with E-state index in [0.717, 1.165) is 0 Å². The van der Waals surface area contributed by atoms with E-state index in [-0.39, 0.29) is 23.9 Å². The Labute approximate surface area is 112 Å². The Morgan fingerprint density at radius 1 is 1.21 bits per heavy atom. The quantitative estimate of drug-likeness (QED) is 0.441. The molecule has 0 heterocycles. The molecule has 1 aromatic carbocycles. The first kappa shape index (κ1) is 15.3. The van der Waals surface area contributed by atoms with Gasteiger partial charge in [-0.05, 0) is 12.5 Å². The molecule has 0 atom stereocenters. The van der Waals surface area contributed by atoms with Crippen molar-refractivity contribution in [2.24, 2.45) is 0 Å². The van der Waals surface area contributed by atoms with Gasteiger partial charge in [-0.2, -0.15) is 0 Å². The molecular formula is C11H11ClF2N2O3. The molecule has 0 fully saturated rings. The summed E-state index contributed by atoms with van der Waals surface area (Å²) >= 11 is 5.59. The van der Waals surface area contributed by atoms with E-state index in [1.807, 2.05) is 0 Å². The minimum absolute atomic E-state index is 0.119. The summed E-state index contributed by atoms with van der Waals surface area (Å²) in [5, 5.41) is 12.6. The lowest BCUT2D eigenvalue weighted by Crippen LogP contribution is -2.36. The molecule has 104 valence electrons. The van der Waals surface area contributed by atoms with Crippen LogP contribution in [0.3, 0.4) is 0 Å². The van der Waals surface area contributed by atoms with Gasteiger partial charge in [0.2, 0.25) is 0 Å². The Kier molecular flexibility index (Phi) is 5.65. The maximum atomic E-state index is 12.9. The highest BCUT2D eigenvalue weighted by Gasteiger charge is 2.16. The zero-order valence-electron chi connectivity index (χ0n) is 9.67. The fourth-order valence-electron chi connectivity index (χ4n) is 1.16. The molecule has 1 aromatic rings. The molecule has 0 saturated heterocycles. The van der Waals surface area contributed by atoms with E-state index in [4.69, 9.17) is 16.7 Å². The van der Waals surface area contributed by atoms with Crippen LogP contribution in [0.4, 0.5) is 14.5 Å². The van der Waals surface area contributed by atoms with Gasteiger partial charge in [-0.15, -0.1) is 0 Å². The lowest BCUT2D eigenvalue weighted by Gasteiger charge is -2.08. The molecule has 3 N–H and O–H groups in total. The van der Waals surface area contributed by atoms with Crippen LogP contribution in [0.25, 0.3) is 0 Å². The first-order chi connectivity index (χ1) is 8.95. The number of amides is 2. The Balaban J connectivity index is 2.66. The summed E-state index contributed by atoms with van der Waals surface area (Å²) in [4.78, 5) is 22.7. The summed E-state index contributed by atoms with van der Waals surface area (Å²) in [5.74, 6) is -4.38. The second kappa shape index (κ2) is 7.01. The summed E-state index contributed by atoms with van der Waals surface area (Å²) in [6.07, 6.45) is 0.297. The number of nitrogens with one attached hydrogen (secondary N) is 2. The summed E-state index contributed by atoms with van der Waals surface area (Å²) in [6, 6.07) is 1.37. The number of rotatable bonds is 4. The zero-order chi connectivity index (χ0) is 14.4. The largest absolute Gasteiger partial charge is 0.396 e. The van der Waals surface area contributed by atoms with Crippen LogP contribution < -0.4 is 10.6 Å². The van der Waals surface area contributed by atoms with Gasteiger partial charge in [0.1, 0.15) is 0 Å². The fraction of sp³-hybridized carbons (Fsp3) is 0.273. The van der Waals surface area contributed by atoms with Crippen LogP contribution in [0.5, 0.6) is 0 Å². The highest BCUT2D eigenvalue weighted by Crippen LogP contribution is 2.24. The van der Waals surface area contributed by atoms with Crippen molar-refractivity contribution in [2.75, 3.05) is 18.5 Å². The van der Waals surface area contributed by atoms with Crippen molar-refractivity contribution < 1.29 is 23.5 Å². The molecule has 0 spiro atoms. The summed E-state index contributed by atoms with van der Waals surface area (Å²) in [7, 11) is 0. The van der Waals surface area contributed by atoms with E-state index in [0.29, 0.717) is 18.6 Å². The first-order valence-electron chi connectivity index (χ1n) is 5.30. The van der Waals surface area contributed by atoms with E-state index in [1.165, 1.54) is 0 Å². The van der Waals surface area contributed by atoms with Crippen LogP contribution in [0.15, 0.2) is 12.1 Å². The predicted molar refractivity (Wildman–Crippen MR) is 64.7 cm³/mol. The van der Waals surface area contributed by atoms with Crippen molar-refractivity contribution in [3.05, 3.63) is 28.8 Å². The van der Waals surface area contributed by atoms with Crippen LogP contribution >= 0.6 is 11.6 Å². The van der Waals surface area contributed by atoms with E-state index in [1.54, 1.807) is 0 Å². The van der Waals surface area contributed by atoms with Gasteiger partial charge < -0.3 is 15.7 Å². The van der Waals surface area contributed by atoms with Crippen LogP contribution in [0.1, 0.15) is 6.42 Å². The zero-order valence-corrected chi connectivity index (χ0v) is 10.4. The van der Waals surface area contributed by atoms with Gasteiger partial charge in [-0.3, -0.25) is 9.59 Å². The van der Waals surface area contributed by atoms with E-state index < -0.39 is 23.4 Å². The van der Waals surface area contributed by atoms with Gasteiger partial charge in [-0.1, -0.05) is 11.6 Å². The molecular weight excluding hydrogens is 282 g/mol. The topological polar surface area (TPSA) is 78.4 Å². The van der Waals surface area contributed by atoms with E-state index >= 15 is 0 Å². The Hall–Kier alpha value is -1.73. The van der Waals surface area contributed by atoms with Crippen LogP contribution in [-0.4, -0.2) is 30.1 Å². The summed E-state index contributed by atoms with van der Waals surface area (Å²) in [6.45, 7) is -0.00876. The van der Waals surface area contributed by atoms with Gasteiger partial charge >= 0.3 is 11.8 Å². The highest BCUT2D eigenvalue weighted by atomic mass is 35.5. The number of carbonyl (C=O) groups excluding carboxylic acids is 2. The van der Waals surface area contributed by atoms with Crippen molar-refractivity contribution in [1.82, 2.24) is 5.32 Å². The number of benzene rings is 1. The summed E-state index contributed by atoms with van der Waals surface area (Å²) < 4.78 is 25.7. The lowest BCUT2D eigenvalue weighted by atomic mass is 10.3. The Bertz CT molecular complexity index is 497. The van der Waals surface area contributed by atoms with Crippen LogP contribution in [0, 0.1) is 11.6 Å². The average molecular weight is 293 g/mol. The predicted octanol–water partition coefficient (Wildman–Crippen LogP) is 1.06. The van der Waals surface area contributed by atoms with Crippen LogP contribution in [-0.2, 0) is 9.59 Å². The standard InChI is InChI=1S/C11H11ClF2N2O3/c12-6-4-7(13)8(14)5-9(6)16-11(19)10(18)15-2-1-3-17/h4-5,17H,1-3H2,(H,15,18)(H,16,19). The Morgan fingerprint density at radius 2 is 1.84 bits per heavy atom. The number of aliphatic hydroxyl groups excluding tert-OH is 1. The molecule has 0 bridgehead atoms. The minimum Gasteiger partial charge on any atom is -0.396 e. The van der Waals surface area contributed by atoms with Gasteiger partial charge in [0.25, 0.3) is 0 Å². The van der Waals surface area contributed by atoms with Crippen molar-refractivity contribution in [3.63, 3.8) is 0 Å². The maximum absolute atomic E-state index is 12.9. The SMILES string of the molecule is O=C(NCCCO)C(=O)Nc1cc(F)c(F)cc1Cl. The Morgan fingerprint density at radius 3 is 2.47 bits per heavy atom. The number of anilines is 1. The first-order valence-corrected chi connectivity index (χ1v) is 5.68. The smallest absolute Gasteiger partial charge is 0.313 e. The number of hydrogen-bond donors (Lipinski definition) is 3. The molecule has 0 saturated carbocycles. The van der Waals surface area contributed by atoms with Gasteiger partial charge in [0.05, 0.1) is 10.7 Å². The molecule has 19 heavy (non-hydrogen) atoms. The normalized spacial score (nSPS) is 10.1. The third-order valence-corrected chi connectivity index (χ3v) is 2.40. The second-order valence-electron chi connectivity index (χ2n) is 3.53. The highest BCUT2D eigenvalue weighted by molar-refractivity contribution is 6.41. The van der Waals surface area contributed by atoms with Crippen molar-refractivity contribution >= 4 is 29.1 Å². The number of hydrogen-bond acceptors (Lipinski definition) is 3. The van der Waals surface area contributed by atoms with Crippen LogP contribution in [0.2, 0.25) is 5.02 Å². The van der Waals surface area contributed by atoms with E-state index in [9.17, 15) is 18.4 Å². The number of halogens is 3. The van der Waals surface area contributed by atoms with E-state index in [2.05, 4.69) is 10.6 Å². The molecule has 2 amide bonds. The molecule has 5 nitrogen and oxygen atoms in total. The van der Waals surface area contributed by atoms with Gasteiger partial charge in [0.15, 0.2) is 11.6 Å². The molecule has 0 radical (unpaired) electrons. The van der Waals surface area contributed by atoms with Gasteiger partial charge in [0, 0.05) is 19.2 Å². The molecule has 0 aromatic heterocycles. The molecule has 0 aliphatic heterocycles. The van der Waals surface area contributed by atoms with Crippen molar-refractivity contribution in [2.45, 2.75) is 6.42 Å². The molecule has 0 unspecified atom stereocenters. The average Bonchev–Trinajstić information content (AvgIpc) is 2.36. The second-order valence-corrected chi connectivity index (χ2v) is 3.94. The molecule has 0 aliphatic carbocycles. The minimum atomic E-state index is -1.19. The maximum Gasteiger partial charge on any atom is 0.313 e. The monoisotopic (exact) mass is 292 g/mol. The lowest BCUT2D eigenvalue weighted by molar-refractivity contribution is -0.136. The fourth-order valence-corrected chi connectivity index (χ4v) is 1.36. The molecule has 1 rings (SSSR count). The third-order valence-electron chi connectivity index (χ3n) is 2.08. The van der Waals surface area contributed by atoms with Crippen molar-refractivity contribution in [3.8, 4) is 0 Å². The third kappa shape index (κ3) is 4.46. The molecule has 8 heteroatoms. The summed E-state index contributed by atoms with van der Waals surface area (Å²) in [5.41, 5.74) is -0.206. The molecule has 0 aliphatic rings. The van der Waals surface area contributed by atoms with Crippen molar-refractivity contribution in [1.29, 1.82) is 0 Å². The number of carbonyl (C=O) groups is 2. The van der Waals surface area contributed by atoms with Gasteiger partial charge in [-0.25, -0.2) is 8.78 Å². The number of aliphatic hydroxyl groups is 1.